The molecule has 0 atom stereocenters. The number of nitrogens with zero attached hydrogens (tertiary/aromatic N) is 1. The molecule has 0 heterocycles. The fourth-order valence-electron chi connectivity index (χ4n) is 3.13. The minimum atomic E-state index is -0.479. The van der Waals surface area contributed by atoms with E-state index < -0.39 is 6.09 Å². The van der Waals surface area contributed by atoms with E-state index in [0.717, 1.165) is 12.8 Å². The van der Waals surface area contributed by atoms with Gasteiger partial charge in [0.2, 0.25) is 0 Å². The molecule has 0 bridgehead atoms. The molecule has 0 rings (SSSR count). The van der Waals surface area contributed by atoms with Crippen LogP contribution >= 0.6 is 0 Å². The van der Waals surface area contributed by atoms with Gasteiger partial charge in [0.25, 0.3) is 0 Å². The van der Waals surface area contributed by atoms with Crippen LogP contribution in [0.4, 0.5) is 4.79 Å². The number of hydrogen-bond acceptors (Lipinski definition) is 4. The van der Waals surface area contributed by atoms with E-state index >= 15 is 0 Å². The first-order valence-electron chi connectivity index (χ1n) is 12.0. The molecule has 0 aliphatic rings. The Hall–Kier alpha value is -1.26. The first-order chi connectivity index (χ1) is 14.0. The molecule has 172 valence electrons. The van der Waals surface area contributed by atoms with Crippen LogP contribution in [0.15, 0.2) is 0 Å². The lowest BCUT2D eigenvalue weighted by Gasteiger charge is -2.17. The molecule has 1 amide bonds. The van der Waals surface area contributed by atoms with Gasteiger partial charge in [-0.1, -0.05) is 104 Å². The van der Waals surface area contributed by atoms with Gasteiger partial charge in [-0.3, -0.25) is 4.79 Å². The SMILES string of the molecule is CCCCCCCCCCCCCCCCOC(=O)CN(C)C(=O)OCC(C)C. The molecule has 5 nitrogen and oxygen atoms in total. The highest BCUT2D eigenvalue weighted by atomic mass is 16.6. The Labute approximate surface area is 179 Å². The number of amides is 1. The van der Waals surface area contributed by atoms with Crippen molar-refractivity contribution >= 4 is 12.1 Å². The molecule has 5 heteroatoms. The summed E-state index contributed by atoms with van der Waals surface area (Å²) in [6, 6.07) is 0. The van der Waals surface area contributed by atoms with Crippen LogP contribution in [0, 0.1) is 5.92 Å². The molecule has 0 spiro atoms. The summed E-state index contributed by atoms with van der Waals surface area (Å²) in [5.74, 6) is -0.0942. The molecule has 0 unspecified atom stereocenters. The maximum atomic E-state index is 11.8. The van der Waals surface area contributed by atoms with Crippen LogP contribution < -0.4 is 0 Å². The number of esters is 1. The first-order valence-corrected chi connectivity index (χ1v) is 12.0. The number of ether oxygens (including phenoxy) is 2. The lowest BCUT2D eigenvalue weighted by Crippen LogP contribution is -2.34. The van der Waals surface area contributed by atoms with E-state index in [2.05, 4.69) is 6.92 Å². The number of hydrogen-bond donors (Lipinski definition) is 0. The van der Waals surface area contributed by atoms with Gasteiger partial charge in [0, 0.05) is 7.05 Å². The van der Waals surface area contributed by atoms with Crippen LogP contribution in [-0.4, -0.2) is 43.8 Å². The topological polar surface area (TPSA) is 55.8 Å². The molecule has 0 fully saturated rings. The maximum absolute atomic E-state index is 11.8. The standard InChI is InChI=1S/C24H47NO4/c1-5-6-7-8-9-10-11-12-13-14-15-16-17-18-19-28-23(26)20-25(4)24(27)29-21-22(2)3/h22H,5-21H2,1-4H3. The summed E-state index contributed by atoms with van der Waals surface area (Å²) < 4.78 is 10.3. The molecule has 0 radical (unpaired) electrons. The van der Waals surface area contributed by atoms with E-state index in [0.29, 0.717) is 13.2 Å². The van der Waals surface area contributed by atoms with Crippen LogP contribution in [0.25, 0.3) is 0 Å². The quantitative estimate of drug-likeness (QED) is 0.174. The predicted molar refractivity (Wildman–Crippen MR) is 120 cm³/mol. The zero-order valence-electron chi connectivity index (χ0n) is 19.7. The molecule has 29 heavy (non-hydrogen) atoms. The zero-order valence-corrected chi connectivity index (χ0v) is 19.7. The van der Waals surface area contributed by atoms with E-state index in [1.807, 2.05) is 13.8 Å². The summed E-state index contributed by atoms with van der Waals surface area (Å²) in [4.78, 5) is 24.7. The summed E-state index contributed by atoms with van der Waals surface area (Å²) in [5.41, 5.74) is 0. The van der Waals surface area contributed by atoms with Gasteiger partial charge in [0.15, 0.2) is 0 Å². The van der Waals surface area contributed by atoms with Gasteiger partial charge in [0.05, 0.1) is 13.2 Å². The fraction of sp³-hybridized carbons (Fsp3) is 0.917. The normalized spacial score (nSPS) is 10.9. The minimum Gasteiger partial charge on any atom is -0.464 e. The second-order valence-corrected chi connectivity index (χ2v) is 8.64. The van der Waals surface area contributed by atoms with Crippen molar-refractivity contribution in [3.8, 4) is 0 Å². The molecular weight excluding hydrogens is 366 g/mol. The van der Waals surface area contributed by atoms with Crippen molar-refractivity contribution in [2.45, 2.75) is 111 Å². The Morgan fingerprint density at radius 3 is 1.62 bits per heavy atom. The van der Waals surface area contributed by atoms with Crippen molar-refractivity contribution in [1.29, 1.82) is 0 Å². The first kappa shape index (κ1) is 27.7. The van der Waals surface area contributed by atoms with Crippen molar-refractivity contribution in [2.24, 2.45) is 5.92 Å². The Morgan fingerprint density at radius 1 is 0.724 bits per heavy atom. The molecule has 0 aliphatic carbocycles. The number of carbonyl (C=O) groups is 2. The van der Waals surface area contributed by atoms with E-state index in [4.69, 9.17) is 9.47 Å². The average Bonchev–Trinajstić information content (AvgIpc) is 2.68. The van der Waals surface area contributed by atoms with E-state index in [-0.39, 0.29) is 18.4 Å². The molecular formula is C24H47NO4. The summed E-state index contributed by atoms with van der Waals surface area (Å²) in [5, 5.41) is 0. The third kappa shape index (κ3) is 19.8. The summed E-state index contributed by atoms with van der Waals surface area (Å²) in [6.07, 6.45) is 17.8. The van der Waals surface area contributed by atoms with Gasteiger partial charge in [-0.25, -0.2) is 4.79 Å². The second-order valence-electron chi connectivity index (χ2n) is 8.64. The van der Waals surface area contributed by atoms with Crippen molar-refractivity contribution in [1.82, 2.24) is 4.90 Å². The molecule has 0 saturated heterocycles. The third-order valence-electron chi connectivity index (χ3n) is 4.98. The summed E-state index contributed by atoms with van der Waals surface area (Å²) in [7, 11) is 1.55. The van der Waals surface area contributed by atoms with Crippen molar-refractivity contribution in [2.75, 3.05) is 26.8 Å². The highest BCUT2D eigenvalue weighted by Crippen LogP contribution is 2.13. The fourth-order valence-corrected chi connectivity index (χ4v) is 3.13. The van der Waals surface area contributed by atoms with Gasteiger partial charge >= 0.3 is 12.1 Å². The Balaban J connectivity index is 3.37. The van der Waals surface area contributed by atoms with E-state index in [9.17, 15) is 9.59 Å². The van der Waals surface area contributed by atoms with Crippen molar-refractivity contribution in [3.63, 3.8) is 0 Å². The minimum absolute atomic E-state index is 0.0600. The zero-order chi connectivity index (χ0) is 21.7. The predicted octanol–water partition coefficient (Wildman–Crippen LogP) is 6.74. The van der Waals surface area contributed by atoms with Gasteiger partial charge in [-0.15, -0.1) is 0 Å². The van der Waals surface area contributed by atoms with Crippen molar-refractivity contribution in [3.05, 3.63) is 0 Å². The van der Waals surface area contributed by atoms with E-state index in [1.165, 1.54) is 81.9 Å². The smallest absolute Gasteiger partial charge is 0.410 e. The molecule has 0 saturated carbocycles. The van der Waals surface area contributed by atoms with Gasteiger partial charge in [-0.2, -0.15) is 0 Å². The van der Waals surface area contributed by atoms with Crippen LogP contribution in [-0.2, 0) is 14.3 Å². The highest BCUT2D eigenvalue weighted by molar-refractivity contribution is 5.77. The molecule has 0 aromatic heterocycles. The summed E-state index contributed by atoms with van der Waals surface area (Å²) in [6.45, 7) is 6.94. The largest absolute Gasteiger partial charge is 0.464 e. The maximum Gasteiger partial charge on any atom is 0.410 e. The number of rotatable bonds is 19. The van der Waals surface area contributed by atoms with Gasteiger partial charge in [-0.05, 0) is 12.3 Å². The molecule has 0 N–H and O–H groups in total. The van der Waals surface area contributed by atoms with Crippen molar-refractivity contribution < 1.29 is 19.1 Å². The third-order valence-corrected chi connectivity index (χ3v) is 4.98. The average molecular weight is 414 g/mol. The Bertz CT molecular complexity index is 398. The van der Waals surface area contributed by atoms with Crippen LogP contribution in [0.1, 0.15) is 111 Å². The summed E-state index contributed by atoms with van der Waals surface area (Å²) >= 11 is 0. The van der Waals surface area contributed by atoms with Crippen LogP contribution in [0.5, 0.6) is 0 Å². The number of carbonyl (C=O) groups excluding carboxylic acids is 2. The molecule has 0 aromatic rings. The lowest BCUT2D eigenvalue weighted by molar-refractivity contribution is -0.144. The number of unbranched alkanes of at least 4 members (excludes halogenated alkanes) is 13. The monoisotopic (exact) mass is 413 g/mol. The highest BCUT2D eigenvalue weighted by Gasteiger charge is 2.15. The van der Waals surface area contributed by atoms with E-state index in [1.54, 1.807) is 7.05 Å². The van der Waals surface area contributed by atoms with Gasteiger partial charge in [0.1, 0.15) is 6.54 Å². The Kier molecular flexibility index (Phi) is 19.2. The Morgan fingerprint density at radius 2 is 1.17 bits per heavy atom. The second kappa shape index (κ2) is 20.0. The van der Waals surface area contributed by atoms with Gasteiger partial charge < -0.3 is 14.4 Å². The molecule has 0 aromatic carbocycles. The van der Waals surface area contributed by atoms with Crippen LogP contribution in [0.3, 0.4) is 0 Å². The molecule has 0 aliphatic heterocycles. The number of likely N-dealkylation sites (N-methyl/N-ethyl adjacent to an activating group) is 1. The van der Waals surface area contributed by atoms with Crippen LogP contribution in [0.2, 0.25) is 0 Å². The lowest BCUT2D eigenvalue weighted by atomic mass is 10.0.